The van der Waals surface area contributed by atoms with Gasteiger partial charge in [-0.2, -0.15) is 17.0 Å². The van der Waals surface area contributed by atoms with Crippen molar-refractivity contribution in [3.63, 3.8) is 0 Å². The van der Waals surface area contributed by atoms with Crippen LogP contribution in [0.15, 0.2) is 0 Å². The molecule has 0 aromatic carbocycles. The molecular weight excluding hydrogens is 204 g/mol. The van der Waals surface area contributed by atoms with Gasteiger partial charge in [-0.3, -0.25) is 0 Å². The first kappa shape index (κ1) is 11.9. The lowest BCUT2D eigenvalue weighted by Gasteiger charge is -2.15. The summed E-state index contributed by atoms with van der Waals surface area (Å²) in [6, 6.07) is 0. The van der Waals surface area contributed by atoms with Crippen LogP contribution in [0.2, 0.25) is 0 Å². The van der Waals surface area contributed by atoms with Gasteiger partial charge in [0.15, 0.2) is 0 Å². The topological polar surface area (TPSA) is 49.9 Å². The second kappa shape index (κ2) is 5.06. The van der Waals surface area contributed by atoms with Gasteiger partial charge in [-0.15, -0.1) is 0 Å². The number of likely N-dealkylation sites (N-methyl/N-ethyl adjacent to an activating group) is 1. The largest absolute Gasteiger partial charge is 0.385 e. The minimum absolute atomic E-state index is 0.604. The van der Waals surface area contributed by atoms with E-state index in [-0.39, 0.29) is 0 Å². The highest BCUT2D eigenvalue weighted by Gasteiger charge is 2.32. The quantitative estimate of drug-likeness (QED) is 0.611. The zero-order valence-corrected chi connectivity index (χ0v) is 9.59. The van der Waals surface area contributed by atoms with Gasteiger partial charge < -0.3 is 4.74 Å². The fourth-order valence-corrected chi connectivity index (χ4v) is 2.82. The summed E-state index contributed by atoms with van der Waals surface area (Å²) in [5, 5.41) is 0. The van der Waals surface area contributed by atoms with Crippen molar-refractivity contribution < 1.29 is 13.2 Å². The summed E-state index contributed by atoms with van der Waals surface area (Å²) < 4.78 is 31.0. The van der Waals surface area contributed by atoms with E-state index in [0.29, 0.717) is 26.2 Å². The van der Waals surface area contributed by atoms with Gasteiger partial charge in [0.25, 0.3) is 10.2 Å². The van der Waals surface area contributed by atoms with Gasteiger partial charge in [-0.1, -0.05) is 0 Å². The predicted molar refractivity (Wildman–Crippen MR) is 54.2 cm³/mol. The van der Waals surface area contributed by atoms with Crippen molar-refractivity contribution in [3.05, 3.63) is 0 Å². The number of rotatable bonds is 5. The van der Waals surface area contributed by atoms with Gasteiger partial charge in [0, 0.05) is 40.4 Å². The van der Waals surface area contributed by atoms with Crippen molar-refractivity contribution in [2.24, 2.45) is 0 Å². The summed E-state index contributed by atoms with van der Waals surface area (Å²) >= 11 is 0. The van der Waals surface area contributed by atoms with Gasteiger partial charge in [0.05, 0.1) is 0 Å². The molecule has 1 rings (SSSR count). The first-order chi connectivity index (χ1) is 6.59. The second-order valence-electron chi connectivity index (χ2n) is 3.43. The monoisotopic (exact) mass is 222 g/mol. The highest BCUT2D eigenvalue weighted by atomic mass is 32.2. The highest BCUT2D eigenvalue weighted by molar-refractivity contribution is 7.87. The van der Waals surface area contributed by atoms with Crippen LogP contribution in [0.5, 0.6) is 0 Å². The van der Waals surface area contributed by atoms with Crippen molar-refractivity contribution in [2.75, 3.05) is 40.4 Å². The van der Waals surface area contributed by atoms with Crippen molar-refractivity contribution in [1.82, 2.24) is 8.61 Å². The van der Waals surface area contributed by atoms with E-state index < -0.39 is 10.2 Å². The maximum absolute atomic E-state index is 11.6. The third kappa shape index (κ3) is 2.66. The molecule has 84 valence electrons. The molecule has 0 aromatic heterocycles. The summed E-state index contributed by atoms with van der Waals surface area (Å²) in [6.07, 6.45) is 1.77. The lowest BCUT2D eigenvalue weighted by Crippen LogP contribution is -2.31. The van der Waals surface area contributed by atoms with E-state index in [1.54, 1.807) is 14.2 Å². The molecule has 0 bridgehead atoms. The number of hydrogen-bond donors (Lipinski definition) is 0. The Morgan fingerprint density at radius 3 is 2.50 bits per heavy atom. The smallest absolute Gasteiger partial charge is 0.281 e. The Bertz CT molecular complexity index is 266. The Balaban J connectivity index is 2.32. The Kier molecular flexibility index (Phi) is 4.31. The summed E-state index contributed by atoms with van der Waals surface area (Å²) in [5.41, 5.74) is 0. The van der Waals surface area contributed by atoms with Gasteiger partial charge >= 0.3 is 0 Å². The fraction of sp³-hybridized carbons (Fsp3) is 1.00. The molecule has 0 aromatic rings. The number of hydrogen-bond acceptors (Lipinski definition) is 3. The minimum Gasteiger partial charge on any atom is -0.385 e. The summed E-state index contributed by atoms with van der Waals surface area (Å²) in [5.74, 6) is 0. The summed E-state index contributed by atoms with van der Waals surface area (Å²) in [6.45, 7) is 2.53. The van der Waals surface area contributed by atoms with Crippen molar-refractivity contribution in [2.45, 2.75) is 12.8 Å². The van der Waals surface area contributed by atoms with E-state index >= 15 is 0 Å². The Morgan fingerprint density at radius 1 is 1.29 bits per heavy atom. The van der Waals surface area contributed by atoms with Gasteiger partial charge in [-0.25, -0.2) is 0 Å². The van der Waals surface area contributed by atoms with Crippen LogP contribution in [-0.4, -0.2) is 57.4 Å². The molecule has 0 N–H and O–H groups in total. The van der Waals surface area contributed by atoms with E-state index in [1.165, 1.54) is 8.61 Å². The Labute approximate surface area is 85.8 Å². The Morgan fingerprint density at radius 2 is 2.00 bits per heavy atom. The zero-order chi connectivity index (χ0) is 10.6. The standard InChI is InChI=1S/C8H18N2O3S/c1-9-6-7-10(14(9,11)12)5-3-4-8-13-2/h3-8H2,1-2H3. The molecule has 0 amide bonds. The zero-order valence-electron chi connectivity index (χ0n) is 8.77. The average Bonchev–Trinajstić information content (AvgIpc) is 2.38. The van der Waals surface area contributed by atoms with Crippen LogP contribution < -0.4 is 0 Å². The molecule has 0 atom stereocenters. The normalized spacial score (nSPS) is 23.0. The molecule has 0 spiro atoms. The van der Waals surface area contributed by atoms with Gasteiger partial charge in [0.2, 0.25) is 0 Å². The van der Waals surface area contributed by atoms with Crippen molar-refractivity contribution >= 4 is 10.2 Å². The molecule has 6 heteroatoms. The third-order valence-electron chi connectivity index (χ3n) is 2.39. The molecule has 0 radical (unpaired) electrons. The van der Waals surface area contributed by atoms with E-state index in [2.05, 4.69) is 0 Å². The number of nitrogens with zero attached hydrogens (tertiary/aromatic N) is 2. The molecule has 0 aliphatic carbocycles. The Hall–Kier alpha value is -0.170. The van der Waals surface area contributed by atoms with Crippen LogP contribution >= 0.6 is 0 Å². The van der Waals surface area contributed by atoms with Crippen LogP contribution in [0.1, 0.15) is 12.8 Å². The van der Waals surface area contributed by atoms with E-state index in [1.807, 2.05) is 0 Å². The summed E-state index contributed by atoms with van der Waals surface area (Å²) in [4.78, 5) is 0. The third-order valence-corrected chi connectivity index (χ3v) is 4.38. The molecule has 14 heavy (non-hydrogen) atoms. The van der Waals surface area contributed by atoms with Crippen LogP contribution in [0.25, 0.3) is 0 Å². The van der Waals surface area contributed by atoms with Crippen molar-refractivity contribution in [1.29, 1.82) is 0 Å². The van der Waals surface area contributed by atoms with Crippen molar-refractivity contribution in [3.8, 4) is 0 Å². The minimum atomic E-state index is -3.13. The lowest BCUT2D eigenvalue weighted by molar-refractivity contribution is 0.190. The fourth-order valence-electron chi connectivity index (χ4n) is 1.44. The summed E-state index contributed by atoms with van der Waals surface area (Å²) in [7, 11) is 0.142. The van der Waals surface area contributed by atoms with Crippen LogP contribution in [0, 0.1) is 0 Å². The van der Waals surface area contributed by atoms with E-state index in [0.717, 1.165) is 12.8 Å². The highest BCUT2D eigenvalue weighted by Crippen LogP contribution is 2.14. The average molecular weight is 222 g/mol. The lowest BCUT2D eigenvalue weighted by atomic mass is 10.3. The molecular formula is C8H18N2O3S. The number of methoxy groups -OCH3 is 1. The van der Waals surface area contributed by atoms with E-state index in [9.17, 15) is 8.42 Å². The molecule has 1 fully saturated rings. The molecule has 0 saturated carbocycles. The van der Waals surface area contributed by atoms with Gasteiger partial charge in [0.1, 0.15) is 0 Å². The molecule has 1 heterocycles. The first-order valence-electron chi connectivity index (χ1n) is 4.79. The molecule has 0 unspecified atom stereocenters. The van der Waals surface area contributed by atoms with Crippen LogP contribution in [0.4, 0.5) is 0 Å². The van der Waals surface area contributed by atoms with Crippen LogP contribution in [0.3, 0.4) is 0 Å². The first-order valence-corrected chi connectivity index (χ1v) is 6.19. The van der Waals surface area contributed by atoms with Gasteiger partial charge in [-0.05, 0) is 12.8 Å². The predicted octanol–water partition coefficient (Wildman–Crippen LogP) is -0.0948. The second-order valence-corrected chi connectivity index (χ2v) is 5.46. The molecule has 1 aliphatic heterocycles. The molecule has 5 nitrogen and oxygen atoms in total. The number of unbranched alkanes of at least 4 members (excludes halogenated alkanes) is 1. The number of ether oxygens (including phenoxy) is 1. The SMILES string of the molecule is COCCCCN1CCN(C)S1(=O)=O. The maximum Gasteiger partial charge on any atom is 0.281 e. The molecule has 1 aliphatic rings. The van der Waals surface area contributed by atoms with Crippen LogP contribution in [-0.2, 0) is 14.9 Å². The maximum atomic E-state index is 11.6. The molecule has 1 saturated heterocycles. The van der Waals surface area contributed by atoms with E-state index in [4.69, 9.17) is 4.74 Å².